The Morgan fingerprint density at radius 3 is 2.88 bits per heavy atom. The van der Waals surface area contributed by atoms with Gasteiger partial charge in [-0.1, -0.05) is 48.6 Å². The second-order valence-electron chi connectivity index (χ2n) is 5.37. The molecule has 3 heteroatoms. The van der Waals surface area contributed by atoms with Crippen LogP contribution >= 0.6 is 0 Å². The molecule has 0 saturated carbocycles. The maximum absolute atomic E-state index is 5.72. The topological polar surface area (TPSA) is 34.0 Å². The zero-order valence-corrected chi connectivity index (χ0v) is 14.4. The van der Waals surface area contributed by atoms with E-state index < -0.39 is 0 Å². The van der Waals surface area contributed by atoms with Crippen LogP contribution < -0.4 is 0 Å². The second-order valence-corrected chi connectivity index (χ2v) is 5.37. The lowest BCUT2D eigenvalue weighted by Gasteiger charge is -2.05. The average molecular weight is 320 g/mol. The second kappa shape index (κ2) is 10.2. The van der Waals surface area contributed by atoms with Crippen LogP contribution in [0.3, 0.4) is 0 Å². The quantitative estimate of drug-likeness (QED) is 0.281. The summed E-state index contributed by atoms with van der Waals surface area (Å²) >= 11 is 0. The molecule has 0 unspecified atom stereocenters. The third kappa shape index (κ3) is 6.21. The molecule has 1 heterocycles. The van der Waals surface area contributed by atoms with Gasteiger partial charge in [-0.2, -0.15) is 0 Å². The van der Waals surface area contributed by atoms with Crippen LogP contribution in [0.1, 0.15) is 33.1 Å². The van der Waals surface area contributed by atoms with Crippen molar-refractivity contribution in [2.75, 3.05) is 0 Å². The van der Waals surface area contributed by atoms with Crippen molar-refractivity contribution in [2.24, 2.45) is 9.98 Å². The summed E-state index contributed by atoms with van der Waals surface area (Å²) in [5, 5.41) is 0. The van der Waals surface area contributed by atoms with Gasteiger partial charge in [0.25, 0.3) is 0 Å². The Bertz CT molecular complexity index is 695. The number of allylic oxidation sites excluding steroid dienone is 11. The van der Waals surface area contributed by atoms with Gasteiger partial charge in [-0.15, -0.1) is 0 Å². The largest absolute Gasteiger partial charge is 0.445 e. The maximum atomic E-state index is 5.72. The lowest BCUT2D eigenvalue weighted by atomic mass is 10.1. The first kappa shape index (κ1) is 17.7. The molecule has 0 amide bonds. The zero-order valence-electron chi connectivity index (χ0n) is 14.4. The number of aliphatic imine (C=N–C) groups is 2. The summed E-state index contributed by atoms with van der Waals surface area (Å²) in [6.45, 7) is 3.89. The summed E-state index contributed by atoms with van der Waals surface area (Å²) in [4.78, 5) is 8.87. The molecule has 2 aliphatic rings. The lowest BCUT2D eigenvalue weighted by molar-refractivity contribution is 0.480. The van der Waals surface area contributed by atoms with Crippen LogP contribution in [-0.2, 0) is 4.74 Å². The van der Waals surface area contributed by atoms with Gasteiger partial charge < -0.3 is 4.74 Å². The summed E-state index contributed by atoms with van der Waals surface area (Å²) in [6.07, 6.45) is 26.9. The minimum absolute atomic E-state index is 0.495. The molecule has 0 radical (unpaired) electrons. The predicted molar refractivity (Wildman–Crippen MR) is 103 cm³/mol. The van der Waals surface area contributed by atoms with Gasteiger partial charge in [0.2, 0.25) is 5.90 Å². The van der Waals surface area contributed by atoms with Gasteiger partial charge in [-0.3, -0.25) is 4.99 Å². The fraction of sp³-hybridized carbons (Fsp3) is 0.238. The number of nitrogens with zero attached hydrogens (tertiary/aromatic N) is 2. The van der Waals surface area contributed by atoms with E-state index in [0.717, 1.165) is 30.7 Å². The fourth-order valence-electron chi connectivity index (χ4n) is 2.06. The van der Waals surface area contributed by atoms with E-state index in [1.807, 2.05) is 50.3 Å². The molecule has 124 valence electrons. The third-order valence-electron chi connectivity index (χ3n) is 3.46. The highest BCUT2D eigenvalue weighted by atomic mass is 16.5. The first-order chi connectivity index (χ1) is 11.8. The summed E-state index contributed by atoms with van der Waals surface area (Å²) in [5.74, 6) is 0.495. The van der Waals surface area contributed by atoms with Crippen molar-refractivity contribution in [1.29, 1.82) is 0 Å². The number of rotatable bonds is 5. The molecule has 2 rings (SSSR count). The van der Waals surface area contributed by atoms with Crippen LogP contribution in [0.2, 0.25) is 0 Å². The van der Waals surface area contributed by atoms with E-state index in [0.29, 0.717) is 5.90 Å². The van der Waals surface area contributed by atoms with E-state index >= 15 is 0 Å². The van der Waals surface area contributed by atoms with Crippen molar-refractivity contribution in [1.82, 2.24) is 0 Å². The lowest BCUT2D eigenvalue weighted by Crippen LogP contribution is -2.13. The number of hydrogen-bond donors (Lipinski definition) is 0. The predicted octanol–water partition coefficient (Wildman–Crippen LogP) is 5.59. The number of ether oxygens (including phenoxy) is 1. The van der Waals surface area contributed by atoms with Gasteiger partial charge >= 0.3 is 0 Å². The Hall–Kier alpha value is -2.68. The van der Waals surface area contributed by atoms with E-state index in [1.54, 1.807) is 12.5 Å². The molecule has 0 saturated heterocycles. The fourth-order valence-corrected chi connectivity index (χ4v) is 2.06. The molecular formula is C21H24N2O. The SMILES string of the molecule is C/C=C(C)/N=C(\O/C=C/C=C/C1=CCCC=C1)C1=NC=CCC=C1. The Balaban J connectivity index is 2.04. The Morgan fingerprint density at radius 2 is 2.08 bits per heavy atom. The summed E-state index contributed by atoms with van der Waals surface area (Å²) in [5.41, 5.74) is 2.83. The Morgan fingerprint density at radius 1 is 1.17 bits per heavy atom. The van der Waals surface area contributed by atoms with E-state index in [1.165, 1.54) is 5.57 Å². The highest BCUT2D eigenvalue weighted by molar-refractivity contribution is 6.43. The normalized spacial score (nSPS) is 18.9. The van der Waals surface area contributed by atoms with Gasteiger partial charge in [0, 0.05) is 11.9 Å². The average Bonchev–Trinajstić information content (AvgIpc) is 2.90. The van der Waals surface area contributed by atoms with E-state index in [9.17, 15) is 0 Å². The first-order valence-corrected chi connectivity index (χ1v) is 8.27. The molecule has 0 spiro atoms. The molecule has 1 aliphatic carbocycles. The van der Waals surface area contributed by atoms with Crippen LogP contribution in [-0.4, -0.2) is 11.6 Å². The van der Waals surface area contributed by atoms with Crippen molar-refractivity contribution in [3.05, 3.63) is 84.5 Å². The molecule has 1 aliphatic heterocycles. The van der Waals surface area contributed by atoms with E-state index in [2.05, 4.69) is 34.3 Å². The molecule has 0 bridgehead atoms. The highest BCUT2D eigenvalue weighted by Crippen LogP contribution is 2.10. The van der Waals surface area contributed by atoms with Crippen LogP contribution in [0.25, 0.3) is 0 Å². The molecule has 0 N–H and O–H groups in total. The van der Waals surface area contributed by atoms with E-state index in [-0.39, 0.29) is 0 Å². The zero-order chi connectivity index (χ0) is 17.0. The van der Waals surface area contributed by atoms with Gasteiger partial charge in [-0.25, -0.2) is 4.99 Å². The van der Waals surface area contributed by atoms with Gasteiger partial charge in [0.05, 0.1) is 6.26 Å². The van der Waals surface area contributed by atoms with Gasteiger partial charge in [0.1, 0.15) is 5.71 Å². The summed E-state index contributed by atoms with van der Waals surface area (Å²) < 4.78 is 5.72. The standard InChI is InChI=1S/C21H24N2O/c1-3-18(2)23-21(20-15-8-5-10-16-22-20)24-17-11-9-14-19-12-6-4-7-13-19/h3,6,8-17H,4-5,7H2,1-2H3/b14-9+,17-11+,18-3+,23-21-. The first-order valence-electron chi connectivity index (χ1n) is 8.27. The van der Waals surface area contributed by atoms with Crippen molar-refractivity contribution in [3.63, 3.8) is 0 Å². The number of hydrogen-bond acceptors (Lipinski definition) is 3. The molecule has 0 aromatic rings. The van der Waals surface area contributed by atoms with Crippen LogP contribution in [0.4, 0.5) is 0 Å². The smallest absolute Gasteiger partial charge is 0.245 e. The van der Waals surface area contributed by atoms with E-state index in [4.69, 9.17) is 4.74 Å². The van der Waals surface area contributed by atoms with Crippen LogP contribution in [0, 0.1) is 0 Å². The molecule has 0 aromatic carbocycles. The molecule has 0 fully saturated rings. The minimum Gasteiger partial charge on any atom is -0.445 e. The summed E-state index contributed by atoms with van der Waals surface area (Å²) in [6, 6.07) is 0. The highest BCUT2D eigenvalue weighted by Gasteiger charge is 2.07. The van der Waals surface area contributed by atoms with Gasteiger partial charge in [0.15, 0.2) is 0 Å². The van der Waals surface area contributed by atoms with Crippen molar-refractivity contribution in [2.45, 2.75) is 33.1 Å². The molecular weight excluding hydrogens is 296 g/mol. The van der Waals surface area contributed by atoms with Crippen molar-refractivity contribution in [3.8, 4) is 0 Å². The molecule has 24 heavy (non-hydrogen) atoms. The maximum Gasteiger partial charge on any atom is 0.245 e. The van der Waals surface area contributed by atoms with Crippen molar-refractivity contribution >= 4 is 11.6 Å². The molecule has 0 atom stereocenters. The molecule has 3 nitrogen and oxygen atoms in total. The van der Waals surface area contributed by atoms with Crippen molar-refractivity contribution < 1.29 is 4.74 Å². The minimum atomic E-state index is 0.495. The molecule has 0 aromatic heterocycles. The van der Waals surface area contributed by atoms with Crippen LogP contribution in [0.15, 0.2) is 94.5 Å². The van der Waals surface area contributed by atoms with Gasteiger partial charge in [-0.05, 0) is 50.8 Å². The van der Waals surface area contributed by atoms with Crippen LogP contribution in [0.5, 0.6) is 0 Å². The Labute approximate surface area is 144 Å². The Kier molecular flexibility index (Phi) is 7.48. The monoisotopic (exact) mass is 320 g/mol. The summed E-state index contributed by atoms with van der Waals surface area (Å²) in [7, 11) is 0. The third-order valence-corrected chi connectivity index (χ3v) is 3.46.